The van der Waals surface area contributed by atoms with Gasteiger partial charge in [-0.2, -0.15) is 0 Å². The highest BCUT2D eigenvalue weighted by molar-refractivity contribution is 7.89. The number of hydrogen-bond acceptors (Lipinski definition) is 4. The van der Waals surface area contributed by atoms with Gasteiger partial charge in [-0.15, -0.1) is 0 Å². The van der Waals surface area contributed by atoms with Crippen LogP contribution in [0.4, 0.5) is 0 Å². The van der Waals surface area contributed by atoms with E-state index < -0.39 is 10.0 Å². The van der Waals surface area contributed by atoms with Crippen LogP contribution in [0, 0.1) is 20.8 Å². The average molecular weight is 401 g/mol. The van der Waals surface area contributed by atoms with Gasteiger partial charge < -0.3 is 5.11 Å². The minimum Gasteiger partial charge on any atom is -0.507 e. The molecule has 2 atom stereocenters. The highest BCUT2D eigenvalue weighted by atomic mass is 32.2. The smallest absolute Gasteiger partial charge is 0.241 e. The fourth-order valence-electron chi connectivity index (χ4n) is 4.05. The fourth-order valence-corrected chi connectivity index (χ4v) is 5.81. The SMILES string of the molecule is Cc1cc(C)c(S(=O)(=O)N[C@H]2CCCC[C@@H]2N=Cc2ccccc2O)c(C)c1. The Morgan fingerprint density at radius 1 is 1.07 bits per heavy atom. The van der Waals surface area contributed by atoms with Crippen molar-refractivity contribution in [3.63, 3.8) is 0 Å². The van der Waals surface area contributed by atoms with Gasteiger partial charge in [0.2, 0.25) is 10.0 Å². The molecular formula is C22H28N2O3S. The van der Waals surface area contributed by atoms with Gasteiger partial charge in [-0.1, -0.05) is 42.7 Å². The molecule has 0 bridgehead atoms. The third kappa shape index (κ3) is 4.62. The molecule has 2 N–H and O–H groups in total. The molecule has 0 aliphatic heterocycles. The van der Waals surface area contributed by atoms with Crippen LogP contribution in [0.3, 0.4) is 0 Å². The van der Waals surface area contributed by atoms with Gasteiger partial charge in [0, 0.05) is 17.8 Å². The number of hydrogen-bond donors (Lipinski definition) is 2. The summed E-state index contributed by atoms with van der Waals surface area (Å²) in [6, 6.07) is 10.4. The van der Waals surface area contributed by atoms with Gasteiger partial charge in [-0.3, -0.25) is 4.99 Å². The number of nitrogens with one attached hydrogen (secondary N) is 1. The second-order valence-electron chi connectivity index (χ2n) is 7.64. The van der Waals surface area contributed by atoms with E-state index in [1.54, 1.807) is 24.4 Å². The average Bonchev–Trinajstić information content (AvgIpc) is 2.60. The van der Waals surface area contributed by atoms with Gasteiger partial charge in [-0.25, -0.2) is 13.1 Å². The zero-order valence-electron chi connectivity index (χ0n) is 16.6. The topological polar surface area (TPSA) is 78.8 Å². The Morgan fingerprint density at radius 2 is 1.71 bits per heavy atom. The fraction of sp³-hybridized carbons (Fsp3) is 0.409. The van der Waals surface area contributed by atoms with E-state index in [1.165, 1.54) is 0 Å². The maximum Gasteiger partial charge on any atom is 0.241 e. The van der Waals surface area contributed by atoms with E-state index in [-0.39, 0.29) is 17.8 Å². The van der Waals surface area contributed by atoms with Gasteiger partial charge in [0.15, 0.2) is 0 Å². The first kappa shape index (κ1) is 20.6. The van der Waals surface area contributed by atoms with Crippen LogP contribution >= 0.6 is 0 Å². The van der Waals surface area contributed by atoms with Gasteiger partial charge in [0.05, 0.1) is 10.9 Å². The summed E-state index contributed by atoms with van der Waals surface area (Å²) in [5.41, 5.74) is 3.21. The number of benzene rings is 2. The zero-order valence-corrected chi connectivity index (χ0v) is 17.5. The van der Waals surface area contributed by atoms with Gasteiger partial charge in [0.25, 0.3) is 0 Å². The molecule has 0 aromatic heterocycles. The third-order valence-corrected chi connectivity index (χ3v) is 7.05. The molecule has 0 unspecified atom stereocenters. The van der Waals surface area contributed by atoms with E-state index in [9.17, 15) is 13.5 Å². The number of nitrogens with zero attached hydrogens (tertiary/aromatic N) is 1. The first-order valence-corrected chi connectivity index (χ1v) is 11.2. The number of phenols is 1. The molecule has 0 spiro atoms. The number of aromatic hydroxyl groups is 1. The lowest BCUT2D eigenvalue weighted by Gasteiger charge is -2.29. The van der Waals surface area contributed by atoms with Crippen LogP contribution < -0.4 is 4.72 Å². The molecule has 2 aromatic rings. The number of para-hydroxylation sites is 1. The number of aliphatic imine (C=N–C) groups is 1. The van der Waals surface area contributed by atoms with Crippen LogP contribution in [0.5, 0.6) is 5.75 Å². The molecule has 0 heterocycles. The number of phenolic OH excluding ortho intramolecular Hbond substituents is 1. The van der Waals surface area contributed by atoms with Crippen molar-refractivity contribution in [3.8, 4) is 5.75 Å². The van der Waals surface area contributed by atoms with Crippen LogP contribution in [0.2, 0.25) is 0 Å². The van der Waals surface area contributed by atoms with Crippen molar-refractivity contribution in [1.29, 1.82) is 0 Å². The Balaban J connectivity index is 1.84. The number of aryl methyl sites for hydroxylation is 3. The highest BCUT2D eigenvalue weighted by Gasteiger charge is 2.30. The number of sulfonamides is 1. The van der Waals surface area contributed by atoms with Gasteiger partial charge in [0.1, 0.15) is 5.75 Å². The molecule has 3 rings (SSSR count). The second-order valence-corrected chi connectivity index (χ2v) is 9.30. The van der Waals surface area contributed by atoms with Crippen molar-refractivity contribution in [2.45, 2.75) is 63.4 Å². The second kappa shape index (κ2) is 8.45. The van der Waals surface area contributed by atoms with Crippen LogP contribution in [0.25, 0.3) is 0 Å². The molecule has 6 heteroatoms. The third-order valence-electron chi connectivity index (χ3n) is 5.25. The monoisotopic (exact) mass is 400 g/mol. The summed E-state index contributed by atoms with van der Waals surface area (Å²) in [5, 5.41) is 9.92. The maximum atomic E-state index is 13.1. The molecule has 5 nitrogen and oxygen atoms in total. The summed E-state index contributed by atoms with van der Waals surface area (Å²) >= 11 is 0. The molecule has 1 aliphatic rings. The molecule has 28 heavy (non-hydrogen) atoms. The Hall–Kier alpha value is -2.18. The summed E-state index contributed by atoms with van der Waals surface area (Å²) < 4.78 is 29.2. The number of rotatable bonds is 5. The minimum atomic E-state index is -3.64. The van der Waals surface area contributed by atoms with E-state index in [4.69, 9.17) is 0 Å². The predicted octanol–water partition coefficient (Wildman–Crippen LogP) is 4.03. The standard InChI is InChI=1S/C22H28N2O3S/c1-15-12-16(2)22(17(3)13-15)28(26,27)24-20-10-6-5-9-19(20)23-14-18-8-4-7-11-21(18)25/h4,7-8,11-14,19-20,24-25H,5-6,9-10H2,1-3H3/t19-,20-/m0/s1. The molecule has 0 radical (unpaired) electrons. The lowest BCUT2D eigenvalue weighted by Crippen LogP contribution is -2.44. The molecule has 150 valence electrons. The van der Waals surface area contributed by atoms with Crippen molar-refractivity contribution in [1.82, 2.24) is 4.72 Å². The van der Waals surface area contributed by atoms with Crippen molar-refractivity contribution in [2.24, 2.45) is 4.99 Å². The lowest BCUT2D eigenvalue weighted by molar-refractivity contribution is 0.363. The van der Waals surface area contributed by atoms with Crippen LogP contribution in [-0.4, -0.2) is 31.8 Å². The van der Waals surface area contributed by atoms with Crippen LogP contribution in [0.15, 0.2) is 46.3 Å². The highest BCUT2D eigenvalue weighted by Crippen LogP contribution is 2.26. The first-order valence-electron chi connectivity index (χ1n) is 9.69. The van der Waals surface area contributed by atoms with Gasteiger partial charge >= 0.3 is 0 Å². The van der Waals surface area contributed by atoms with Gasteiger partial charge in [-0.05, 0) is 56.9 Å². The summed E-state index contributed by atoms with van der Waals surface area (Å²) in [7, 11) is -3.64. The van der Waals surface area contributed by atoms with E-state index in [1.807, 2.05) is 39.0 Å². The summed E-state index contributed by atoms with van der Waals surface area (Å²) in [6.07, 6.45) is 5.22. The normalized spacial score (nSPS) is 20.5. The zero-order chi connectivity index (χ0) is 20.3. The largest absolute Gasteiger partial charge is 0.507 e. The molecule has 1 saturated carbocycles. The van der Waals surface area contributed by atoms with Crippen LogP contribution in [0.1, 0.15) is 47.9 Å². The van der Waals surface area contributed by atoms with E-state index in [0.29, 0.717) is 10.5 Å². The molecule has 2 aromatic carbocycles. The lowest BCUT2D eigenvalue weighted by atomic mass is 9.91. The Bertz CT molecular complexity index is 960. The summed E-state index contributed by atoms with van der Waals surface area (Å²) in [6.45, 7) is 5.64. The molecule has 0 amide bonds. The van der Waals surface area contributed by atoms with Crippen LogP contribution in [-0.2, 0) is 10.0 Å². The maximum absolute atomic E-state index is 13.1. The Morgan fingerprint density at radius 3 is 2.39 bits per heavy atom. The summed E-state index contributed by atoms with van der Waals surface area (Å²) in [5.74, 6) is 0.171. The van der Waals surface area contributed by atoms with Crippen molar-refractivity contribution in [3.05, 3.63) is 58.7 Å². The molecule has 0 saturated heterocycles. The predicted molar refractivity (Wildman–Crippen MR) is 113 cm³/mol. The first-order chi connectivity index (χ1) is 13.3. The van der Waals surface area contributed by atoms with E-state index in [0.717, 1.165) is 42.4 Å². The quantitative estimate of drug-likeness (QED) is 0.744. The van der Waals surface area contributed by atoms with Crippen molar-refractivity contribution < 1.29 is 13.5 Å². The van der Waals surface area contributed by atoms with E-state index in [2.05, 4.69) is 9.71 Å². The van der Waals surface area contributed by atoms with Crippen molar-refractivity contribution in [2.75, 3.05) is 0 Å². The molecule has 1 fully saturated rings. The Kier molecular flexibility index (Phi) is 6.20. The Labute approximate surface area is 167 Å². The molecular weight excluding hydrogens is 372 g/mol. The minimum absolute atomic E-state index is 0.144. The van der Waals surface area contributed by atoms with Crippen molar-refractivity contribution >= 4 is 16.2 Å². The summed E-state index contributed by atoms with van der Waals surface area (Å²) in [4.78, 5) is 4.99. The molecule has 1 aliphatic carbocycles. The van der Waals surface area contributed by atoms with E-state index >= 15 is 0 Å².